The molecule has 1 atom stereocenters. The summed E-state index contributed by atoms with van der Waals surface area (Å²) in [6, 6.07) is 1.96. The molecular formula is C14H17ClN4. The zero-order valence-corrected chi connectivity index (χ0v) is 11.5. The van der Waals surface area contributed by atoms with Gasteiger partial charge in [0.1, 0.15) is 5.50 Å². The van der Waals surface area contributed by atoms with E-state index in [1.54, 1.807) is 6.20 Å². The Hall–Kier alpha value is -1.81. The molecule has 1 aromatic heterocycles. The van der Waals surface area contributed by atoms with Crippen molar-refractivity contribution in [1.29, 1.82) is 5.41 Å². The van der Waals surface area contributed by atoms with Gasteiger partial charge in [-0.15, -0.1) is 0 Å². The molecule has 4 nitrogen and oxygen atoms in total. The molecule has 1 unspecified atom stereocenters. The number of nitrogens with one attached hydrogen (secondary N) is 3. The van der Waals surface area contributed by atoms with E-state index in [9.17, 15) is 0 Å². The van der Waals surface area contributed by atoms with Crippen molar-refractivity contribution in [3.63, 3.8) is 0 Å². The molecule has 100 valence electrons. The van der Waals surface area contributed by atoms with Crippen LogP contribution in [0.25, 0.3) is 11.6 Å². The second-order valence-corrected chi connectivity index (χ2v) is 4.73. The number of halogens is 1. The van der Waals surface area contributed by atoms with Crippen molar-refractivity contribution < 1.29 is 0 Å². The Morgan fingerprint density at radius 3 is 3.21 bits per heavy atom. The molecule has 19 heavy (non-hydrogen) atoms. The van der Waals surface area contributed by atoms with Crippen LogP contribution in [-0.4, -0.2) is 23.2 Å². The largest absolute Gasteiger partial charge is 0.390 e. The summed E-state index contributed by atoms with van der Waals surface area (Å²) >= 11 is 6.02. The fourth-order valence-electron chi connectivity index (χ4n) is 1.79. The fourth-order valence-corrected chi connectivity index (χ4v) is 1.98. The first-order valence-electron chi connectivity index (χ1n) is 6.28. The summed E-state index contributed by atoms with van der Waals surface area (Å²) in [4.78, 5) is 4.37. The van der Waals surface area contributed by atoms with Crippen LogP contribution in [0, 0.1) is 5.41 Å². The maximum atomic E-state index is 7.49. The number of alkyl halides is 1. The molecule has 0 amide bonds. The van der Waals surface area contributed by atoms with Gasteiger partial charge in [-0.2, -0.15) is 0 Å². The van der Waals surface area contributed by atoms with E-state index in [4.69, 9.17) is 17.0 Å². The summed E-state index contributed by atoms with van der Waals surface area (Å²) in [6.45, 7) is 2.99. The van der Waals surface area contributed by atoms with E-state index in [1.165, 1.54) is 6.21 Å². The van der Waals surface area contributed by atoms with Gasteiger partial charge in [-0.25, -0.2) is 0 Å². The van der Waals surface area contributed by atoms with Gasteiger partial charge in [0, 0.05) is 36.3 Å². The Kier molecular flexibility index (Phi) is 4.58. The average Bonchev–Trinajstić information content (AvgIpc) is 2.43. The van der Waals surface area contributed by atoms with Crippen molar-refractivity contribution in [2.45, 2.75) is 18.8 Å². The molecule has 2 rings (SSSR count). The van der Waals surface area contributed by atoms with Gasteiger partial charge >= 0.3 is 0 Å². The number of hydrogen-bond donors (Lipinski definition) is 3. The van der Waals surface area contributed by atoms with Crippen LogP contribution in [0.5, 0.6) is 0 Å². The summed E-state index contributed by atoms with van der Waals surface area (Å²) < 4.78 is 0. The highest BCUT2D eigenvalue weighted by atomic mass is 35.5. The zero-order chi connectivity index (χ0) is 13.7. The maximum Gasteiger partial charge on any atom is 0.120 e. The number of allylic oxidation sites excluding steroid dienone is 1. The standard InChI is InChI=1S/C14H17ClN4/c1-2-5-17-8-11(7-16)10-6-13-12(18-9-10)3-4-14(15)19-13/h3-4,6-9,14,16-17,19H,2,5H2,1H3/b11-8+,16-7?. The molecule has 1 aliphatic heterocycles. The number of pyridine rings is 1. The minimum atomic E-state index is -0.213. The minimum Gasteiger partial charge on any atom is -0.390 e. The number of aromatic nitrogens is 1. The first kappa shape index (κ1) is 13.6. The van der Waals surface area contributed by atoms with Gasteiger partial charge in [-0.3, -0.25) is 4.98 Å². The maximum absolute atomic E-state index is 7.49. The molecule has 1 aromatic rings. The van der Waals surface area contributed by atoms with Crippen molar-refractivity contribution in [3.8, 4) is 0 Å². The van der Waals surface area contributed by atoms with Gasteiger partial charge in [0.15, 0.2) is 0 Å². The summed E-state index contributed by atoms with van der Waals surface area (Å²) in [6.07, 6.45) is 9.73. The van der Waals surface area contributed by atoms with Gasteiger partial charge in [-0.05, 0) is 24.6 Å². The number of anilines is 1. The number of hydrogen-bond acceptors (Lipinski definition) is 4. The molecule has 0 aliphatic carbocycles. The van der Waals surface area contributed by atoms with E-state index in [1.807, 2.05) is 24.4 Å². The SMILES string of the molecule is CCCN/C=C(\C=N)c1cnc2c(c1)NC(Cl)C=C2. The molecule has 2 heterocycles. The van der Waals surface area contributed by atoms with Crippen molar-refractivity contribution in [2.24, 2.45) is 0 Å². The molecule has 0 saturated heterocycles. The number of nitrogens with zero attached hydrogens (tertiary/aromatic N) is 1. The smallest absolute Gasteiger partial charge is 0.120 e. The van der Waals surface area contributed by atoms with Crippen LogP contribution >= 0.6 is 11.6 Å². The highest BCUT2D eigenvalue weighted by Crippen LogP contribution is 2.25. The molecule has 0 fully saturated rings. The summed E-state index contributed by atoms with van der Waals surface area (Å²) in [5.41, 5.74) is 3.24. The van der Waals surface area contributed by atoms with E-state index in [2.05, 4.69) is 22.5 Å². The summed E-state index contributed by atoms with van der Waals surface area (Å²) in [5.74, 6) is 0. The number of rotatable bonds is 5. The van der Waals surface area contributed by atoms with Crippen LogP contribution in [0.4, 0.5) is 5.69 Å². The quantitative estimate of drug-likeness (QED) is 0.335. The lowest BCUT2D eigenvalue weighted by Crippen LogP contribution is -2.14. The van der Waals surface area contributed by atoms with E-state index in [0.717, 1.165) is 35.5 Å². The van der Waals surface area contributed by atoms with E-state index in [0.29, 0.717) is 0 Å². The van der Waals surface area contributed by atoms with E-state index in [-0.39, 0.29) is 5.50 Å². The predicted octanol–water partition coefficient (Wildman–Crippen LogP) is 3.08. The third-order valence-electron chi connectivity index (χ3n) is 2.78. The van der Waals surface area contributed by atoms with Crippen LogP contribution in [0.3, 0.4) is 0 Å². The zero-order valence-electron chi connectivity index (χ0n) is 10.8. The van der Waals surface area contributed by atoms with Crippen molar-refractivity contribution in [1.82, 2.24) is 10.3 Å². The van der Waals surface area contributed by atoms with E-state index >= 15 is 0 Å². The fraction of sp³-hybridized carbons (Fsp3) is 0.286. The van der Waals surface area contributed by atoms with Gasteiger partial charge in [0.2, 0.25) is 0 Å². The van der Waals surface area contributed by atoms with Crippen LogP contribution in [0.1, 0.15) is 24.6 Å². The van der Waals surface area contributed by atoms with Gasteiger partial charge < -0.3 is 16.0 Å². The van der Waals surface area contributed by atoms with Crippen molar-refractivity contribution in [2.75, 3.05) is 11.9 Å². The Bertz CT molecular complexity index is 522. The highest BCUT2D eigenvalue weighted by Gasteiger charge is 2.12. The monoisotopic (exact) mass is 276 g/mol. The lowest BCUT2D eigenvalue weighted by Gasteiger charge is -2.17. The molecule has 0 aromatic carbocycles. The predicted molar refractivity (Wildman–Crippen MR) is 81.6 cm³/mol. The second-order valence-electron chi connectivity index (χ2n) is 4.26. The van der Waals surface area contributed by atoms with E-state index < -0.39 is 0 Å². The van der Waals surface area contributed by atoms with Crippen molar-refractivity contribution in [3.05, 3.63) is 35.8 Å². The van der Waals surface area contributed by atoms with Gasteiger partial charge in [-0.1, -0.05) is 18.5 Å². The normalized spacial score (nSPS) is 17.6. The minimum absolute atomic E-state index is 0.213. The molecule has 0 spiro atoms. The van der Waals surface area contributed by atoms with Gasteiger partial charge in [0.25, 0.3) is 0 Å². The Labute approximate surface area is 118 Å². The highest BCUT2D eigenvalue weighted by molar-refractivity contribution is 6.23. The summed E-state index contributed by atoms with van der Waals surface area (Å²) in [7, 11) is 0. The molecule has 0 saturated carbocycles. The molecular weight excluding hydrogens is 260 g/mol. The van der Waals surface area contributed by atoms with Crippen LogP contribution in [-0.2, 0) is 0 Å². The Morgan fingerprint density at radius 1 is 1.63 bits per heavy atom. The number of fused-ring (bicyclic) bond motifs is 1. The lowest BCUT2D eigenvalue weighted by atomic mass is 10.1. The molecule has 0 bridgehead atoms. The topological polar surface area (TPSA) is 60.8 Å². The first-order chi connectivity index (χ1) is 9.24. The lowest BCUT2D eigenvalue weighted by molar-refractivity contribution is 0.811. The molecule has 0 radical (unpaired) electrons. The molecule has 3 N–H and O–H groups in total. The Morgan fingerprint density at radius 2 is 2.47 bits per heavy atom. The van der Waals surface area contributed by atoms with Crippen LogP contribution in [0.2, 0.25) is 0 Å². The van der Waals surface area contributed by atoms with Gasteiger partial charge in [0.05, 0.1) is 11.4 Å². The van der Waals surface area contributed by atoms with Crippen LogP contribution in [0.15, 0.2) is 24.5 Å². The Balaban J connectivity index is 2.25. The van der Waals surface area contributed by atoms with Crippen molar-refractivity contribution >= 4 is 35.2 Å². The first-order valence-corrected chi connectivity index (χ1v) is 6.71. The third-order valence-corrected chi connectivity index (χ3v) is 3.03. The third kappa shape index (κ3) is 3.35. The average molecular weight is 277 g/mol. The molecule has 5 heteroatoms. The second kappa shape index (κ2) is 6.38. The molecule has 1 aliphatic rings. The summed E-state index contributed by atoms with van der Waals surface area (Å²) in [5, 5.41) is 13.8. The van der Waals surface area contributed by atoms with Crippen LogP contribution < -0.4 is 10.6 Å².